The number of benzene rings is 4. The van der Waals surface area contributed by atoms with Gasteiger partial charge in [0, 0.05) is 29.5 Å². The number of nitrogens with zero attached hydrogens (tertiary/aromatic N) is 4. The number of hydrogen-bond acceptors (Lipinski definition) is 10. The molecule has 0 aromatic heterocycles. The van der Waals surface area contributed by atoms with Crippen molar-refractivity contribution in [2.75, 3.05) is 13.2 Å². The Kier molecular flexibility index (Phi) is 16.7. The van der Waals surface area contributed by atoms with Gasteiger partial charge in [-0.15, -0.1) is 23.7 Å². The van der Waals surface area contributed by atoms with E-state index in [4.69, 9.17) is 10.8 Å². The number of aliphatic hydroxyl groups excluding tert-OH is 1. The first-order valence-corrected chi connectivity index (χ1v) is 12.1. The van der Waals surface area contributed by atoms with Gasteiger partial charge in [0.15, 0.2) is 0 Å². The normalized spacial score (nSPS) is 10.4. The Hall–Kier alpha value is -2.26. The molecule has 0 aliphatic rings. The summed E-state index contributed by atoms with van der Waals surface area (Å²) in [6.07, 6.45) is 0. The van der Waals surface area contributed by atoms with Crippen molar-refractivity contribution in [2.24, 2.45) is 10.2 Å². The first-order valence-electron chi connectivity index (χ1n) is 10.7. The molecule has 0 saturated heterocycles. The van der Waals surface area contributed by atoms with Crippen LogP contribution in [0.5, 0.6) is 11.5 Å². The molecule has 4 aromatic carbocycles. The minimum Gasteiger partial charge on any atom is -0.873 e. The summed E-state index contributed by atoms with van der Waals surface area (Å²) in [5, 5.41) is 53.6. The van der Waals surface area contributed by atoms with E-state index in [0.717, 1.165) is 24.3 Å². The number of aliphatic hydroxyl groups is 1. The minimum atomic E-state index is -4.74. The van der Waals surface area contributed by atoms with Crippen LogP contribution >= 0.6 is 0 Å². The maximum atomic E-state index is 11.9. The molecule has 0 heterocycles. The zero-order valence-corrected chi connectivity index (χ0v) is 27.8. The number of nitro benzene ring substituents is 1. The van der Waals surface area contributed by atoms with Crippen LogP contribution in [0.1, 0.15) is 0 Å². The van der Waals surface area contributed by atoms with Crippen molar-refractivity contribution in [2.45, 2.75) is 4.90 Å². The van der Waals surface area contributed by atoms with Gasteiger partial charge in [0.1, 0.15) is 10.1 Å². The predicted octanol–water partition coefficient (Wildman–Crippen LogP) is -1.41. The average Bonchev–Trinajstić information content (AvgIpc) is 2.87. The largest absolute Gasteiger partial charge is 3.00 e. The fourth-order valence-corrected chi connectivity index (χ4v) is 3.89. The van der Waals surface area contributed by atoms with Gasteiger partial charge < -0.3 is 30.9 Å². The van der Waals surface area contributed by atoms with Gasteiger partial charge in [-0.1, -0.05) is 54.3 Å². The van der Waals surface area contributed by atoms with Gasteiger partial charge in [0.2, 0.25) is 0 Å². The second kappa shape index (κ2) is 17.6. The van der Waals surface area contributed by atoms with Crippen LogP contribution in [0, 0.1) is 10.1 Å². The zero-order chi connectivity index (χ0) is 27.9. The van der Waals surface area contributed by atoms with E-state index >= 15 is 0 Å². The molecule has 0 fully saturated rings. The molecule has 0 saturated carbocycles. The standard InChI is InChI=1S/C16H11N4O6S.C8H10NO2.Cr.2Na/c17-12-6-5-10-11(2-1-3-15(10)27(24,25)26)16(12)19-18-13-7-4-9(20(22)23)8-14(13)21;10-6-5-9-7-3-1-2-4-8(7)11;;;/h1-8H,(H3-,17,18,19,21,24,25,26);1-4,10-11H,5-6H2;;;/q2*-1;+3;2*+1/p-3. The van der Waals surface area contributed by atoms with E-state index in [1.54, 1.807) is 18.2 Å². The molecule has 17 heteroatoms. The van der Waals surface area contributed by atoms with Crippen LogP contribution in [0.4, 0.5) is 28.4 Å². The van der Waals surface area contributed by atoms with Crippen LogP contribution in [0.15, 0.2) is 87.9 Å². The van der Waals surface area contributed by atoms with Gasteiger partial charge >= 0.3 is 76.5 Å². The maximum absolute atomic E-state index is 11.9. The molecule has 0 atom stereocenters. The summed E-state index contributed by atoms with van der Waals surface area (Å²) in [6.45, 7) is 0.271. The van der Waals surface area contributed by atoms with Gasteiger partial charge in [-0.2, -0.15) is 10.2 Å². The quantitative estimate of drug-likeness (QED) is 0.0832. The summed E-state index contributed by atoms with van der Waals surface area (Å²) in [4.78, 5) is 9.48. The van der Waals surface area contributed by atoms with E-state index in [1.165, 1.54) is 30.3 Å². The number of nitrogens with one attached hydrogen (secondary N) is 1. The third kappa shape index (κ3) is 10.5. The third-order valence-electron chi connectivity index (χ3n) is 4.92. The van der Waals surface area contributed by atoms with E-state index in [2.05, 4.69) is 15.5 Å². The first kappa shape index (κ1) is 38.7. The number of azo groups is 1. The van der Waals surface area contributed by atoms with Crippen molar-refractivity contribution in [3.63, 3.8) is 0 Å². The van der Waals surface area contributed by atoms with E-state index in [9.17, 15) is 33.3 Å². The molecule has 41 heavy (non-hydrogen) atoms. The second-order valence-corrected chi connectivity index (χ2v) is 8.80. The fraction of sp³-hybridized carbons (Fsp3) is 0.0833. The summed E-state index contributed by atoms with van der Waals surface area (Å²) in [5.41, 5.74) is 7.62. The Bertz CT molecular complexity index is 1630. The van der Waals surface area contributed by atoms with E-state index < -0.39 is 31.4 Å². The predicted molar refractivity (Wildman–Crippen MR) is 133 cm³/mol. The molecule has 1 radical (unpaired) electrons. The molecule has 4 aromatic rings. The number of para-hydroxylation sites is 2. The van der Waals surface area contributed by atoms with Crippen molar-refractivity contribution >= 4 is 49.3 Å². The van der Waals surface area contributed by atoms with Crippen molar-refractivity contribution in [1.29, 1.82) is 0 Å². The number of rotatable bonds is 7. The third-order valence-corrected chi connectivity index (χ3v) is 5.82. The van der Waals surface area contributed by atoms with Crippen molar-refractivity contribution in [3.05, 3.63) is 94.0 Å². The Morgan fingerprint density at radius 2 is 1.59 bits per heavy atom. The number of hydrogen-bond donors (Lipinski definition) is 1. The molecular formula is C24H18CrN5Na2O8S. The first-order chi connectivity index (χ1) is 18.0. The molecule has 0 spiro atoms. The van der Waals surface area contributed by atoms with Gasteiger partial charge in [0.25, 0.3) is 5.69 Å². The maximum Gasteiger partial charge on any atom is 3.00 e. The van der Waals surface area contributed by atoms with Crippen LogP contribution in [0.25, 0.3) is 21.8 Å². The monoisotopic (exact) mass is 634 g/mol. The fourth-order valence-electron chi connectivity index (χ4n) is 3.20. The summed E-state index contributed by atoms with van der Waals surface area (Å²) >= 11 is 0. The summed E-state index contributed by atoms with van der Waals surface area (Å²) < 4.78 is 34.2. The van der Waals surface area contributed by atoms with Crippen LogP contribution in [0.2, 0.25) is 0 Å². The van der Waals surface area contributed by atoms with Crippen molar-refractivity contribution in [1.82, 2.24) is 0 Å². The van der Waals surface area contributed by atoms with Crippen LogP contribution in [-0.2, 0) is 27.5 Å². The molecule has 201 valence electrons. The summed E-state index contributed by atoms with van der Waals surface area (Å²) in [6, 6.07) is 16.0. The van der Waals surface area contributed by atoms with Crippen LogP contribution in [-0.4, -0.2) is 36.2 Å². The van der Waals surface area contributed by atoms with E-state index in [0.29, 0.717) is 12.2 Å². The minimum absolute atomic E-state index is 0. The smallest absolute Gasteiger partial charge is 0.873 e. The Labute approximate surface area is 290 Å². The molecule has 0 bridgehead atoms. The molecule has 0 aliphatic carbocycles. The molecule has 2 N–H and O–H groups in total. The number of nitro groups is 1. The Balaban J connectivity index is 0.000000975. The van der Waals surface area contributed by atoms with E-state index in [-0.39, 0.29) is 117 Å². The van der Waals surface area contributed by atoms with Crippen molar-refractivity contribution in [3.8, 4) is 11.5 Å². The second-order valence-electron chi connectivity index (χ2n) is 7.45. The van der Waals surface area contributed by atoms with Gasteiger partial charge in [-0.25, -0.2) is 8.42 Å². The Morgan fingerprint density at radius 1 is 0.902 bits per heavy atom. The Morgan fingerprint density at radius 3 is 2.17 bits per heavy atom. The summed E-state index contributed by atoms with van der Waals surface area (Å²) in [5.74, 6) is -0.830. The molecule has 4 rings (SSSR count). The molecule has 0 aliphatic heterocycles. The topological polar surface area (TPSA) is 229 Å². The van der Waals surface area contributed by atoms with Gasteiger partial charge in [-0.05, 0) is 12.1 Å². The van der Waals surface area contributed by atoms with Crippen molar-refractivity contribution < 1.29 is 110 Å². The van der Waals surface area contributed by atoms with Crippen LogP contribution in [0.3, 0.4) is 0 Å². The zero-order valence-electron chi connectivity index (χ0n) is 21.8. The summed E-state index contributed by atoms with van der Waals surface area (Å²) in [7, 11) is -4.74. The van der Waals surface area contributed by atoms with E-state index in [1.807, 2.05) is 0 Å². The number of non-ortho nitro benzene ring substituents is 1. The molecule has 0 amide bonds. The molecule has 0 unspecified atom stereocenters. The number of fused-ring (bicyclic) bond motifs is 1. The van der Waals surface area contributed by atoms with Gasteiger partial charge in [-0.3, -0.25) is 10.1 Å². The SMILES string of the molecule is [Cr+3].[NH-]c1ccc2c(S(=O)(=O)[O-])cccc2c1N=Nc1ccc([N+](=O)[O-])cc1[O-].[Na+].[Na+].[O-]c1ccccc1[N-]CCO. The van der Waals surface area contributed by atoms with Crippen LogP contribution < -0.4 is 69.3 Å². The van der Waals surface area contributed by atoms with Gasteiger partial charge in [0.05, 0.1) is 21.2 Å². The molecular weight excluding hydrogens is 616 g/mol. The average molecular weight is 634 g/mol. The molecule has 13 nitrogen and oxygen atoms in total.